The number of nitrogens with zero attached hydrogens (tertiary/aromatic N) is 1. The Morgan fingerprint density at radius 3 is 2.44 bits per heavy atom. The van der Waals surface area contributed by atoms with Gasteiger partial charge in [0, 0.05) is 24.7 Å². The van der Waals surface area contributed by atoms with Crippen molar-refractivity contribution in [3.05, 3.63) is 23.3 Å². The zero-order chi connectivity index (χ0) is 17.4. The van der Waals surface area contributed by atoms with Crippen LogP contribution in [0.25, 0.3) is 0 Å². The SMILES string of the molecule is O=C(Nc1cc2c3c(c1)CCC(=O)N3CCC2)C(=O)NC1CCCC1. The number of hydrogen-bond acceptors (Lipinski definition) is 3. The van der Waals surface area contributed by atoms with E-state index in [0.717, 1.165) is 61.9 Å². The third kappa shape index (κ3) is 3.13. The number of benzene rings is 1. The maximum Gasteiger partial charge on any atom is 0.313 e. The number of nitrogens with one attached hydrogen (secondary N) is 2. The summed E-state index contributed by atoms with van der Waals surface area (Å²) in [5.74, 6) is -0.991. The Kier molecular flexibility index (Phi) is 4.19. The number of anilines is 2. The highest BCUT2D eigenvalue weighted by atomic mass is 16.2. The first-order chi connectivity index (χ1) is 12.1. The lowest BCUT2D eigenvalue weighted by Crippen LogP contribution is -2.41. The molecule has 0 bridgehead atoms. The number of carbonyl (C=O) groups excluding carboxylic acids is 3. The molecule has 1 saturated carbocycles. The van der Waals surface area contributed by atoms with Crippen LogP contribution in [0.4, 0.5) is 11.4 Å². The van der Waals surface area contributed by atoms with Gasteiger partial charge in [0.05, 0.1) is 5.69 Å². The Bertz CT molecular complexity index is 720. The summed E-state index contributed by atoms with van der Waals surface area (Å²) in [5.41, 5.74) is 3.85. The molecule has 3 aliphatic rings. The molecule has 0 atom stereocenters. The van der Waals surface area contributed by atoms with Crippen LogP contribution in [0.2, 0.25) is 0 Å². The van der Waals surface area contributed by atoms with Gasteiger partial charge in [0.1, 0.15) is 0 Å². The average Bonchev–Trinajstić information content (AvgIpc) is 3.11. The summed E-state index contributed by atoms with van der Waals surface area (Å²) in [4.78, 5) is 38.3. The van der Waals surface area contributed by atoms with E-state index >= 15 is 0 Å². The molecule has 0 unspecified atom stereocenters. The molecule has 6 nitrogen and oxygen atoms in total. The summed E-state index contributed by atoms with van der Waals surface area (Å²) >= 11 is 0. The number of aryl methyl sites for hydroxylation is 2. The fraction of sp³-hybridized carbons (Fsp3) is 0.526. The third-order valence-corrected chi connectivity index (χ3v) is 5.43. The van der Waals surface area contributed by atoms with Crippen LogP contribution in [0.3, 0.4) is 0 Å². The van der Waals surface area contributed by atoms with Crippen molar-refractivity contribution in [2.24, 2.45) is 0 Å². The lowest BCUT2D eigenvalue weighted by molar-refractivity contribution is -0.136. The van der Waals surface area contributed by atoms with Gasteiger partial charge in [-0.2, -0.15) is 0 Å². The van der Waals surface area contributed by atoms with Crippen LogP contribution in [-0.2, 0) is 27.2 Å². The van der Waals surface area contributed by atoms with Gasteiger partial charge in [-0.05, 0) is 55.4 Å². The van der Waals surface area contributed by atoms with Gasteiger partial charge in [0.25, 0.3) is 0 Å². The molecule has 2 heterocycles. The largest absolute Gasteiger partial charge is 0.345 e. The first-order valence-electron chi connectivity index (χ1n) is 9.20. The van der Waals surface area contributed by atoms with Crippen LogP contribution in [0.1, 0.15) is 49.7 Å². The van der Waals surface area contributed by atoms with Crippen molar-refractivity contribution in [2.45, 2.75) is 57.4 Å². The van der Waals surface area contributed by atoms with Gasteiger partial charge in [-0.1, -0.05) is 12.8 Å². The highest BCUT2D eigenvalue weighted by molar-refractivity contribution is 6.39. The minimum atomic E-state index is -0.612. The zero-order valence-electron chi connectivity index (χ0n) is 14.3. The summed E-state index contributed by atoms with van der Waals surface area (Å²) in [6.07, 6.45) is 7.13. The average molecular weight is 341 g/mol. The molecular formula is C19H23N3O3. The molecule has 1 aliphatic carbocycles. The maximum atomic E-state index is 12.2. The zero-order valence-corrected chi connectivity index (χ0v) is 14.3. The van der Waals surface area contributed by atoms with E-state index in [4.69, 9.17) is 0 Å². The minimum absolute atomic E-state index is 0.127. The molecule has 132 valence electrons. The number of hydrogen-bond donors (Lipinski definition) is 2. The molecule has 6 heteroatoms. The Morgan fingerprint density at radius 1 is 0.960 bits per heavy atom. The van der Waals surface area contributed by atoms with Crippen molar-refractivity contribution < 1.29 is 14.4 Å². The fourth-order valence-electron chi connectivity index (χ4n) is 4.23. The van der Waals surface area contributed by atoms with Gasteiger partial charge in [-0.25, -0.2) is 0 Å². The van der Waals surface area contributed by atoms with Crippen molar-refractivity contribution >= 4 is 29.1 Å². The van der Waals surface area contributed by atoms with E-state index in [0.29, 0.717) is 18.5 Å². The number of rotatable bonds is 2. The Balaban J connectivity index is 1.50. The van der Waals surface area contributed by atoms with Gasteiger partial charge < -0.3 is 15.5 Å². The summed E-state index contributed by atoms with van der Waals surface area (Å²) in [6, 6.07) is 3.94. The molecule has 1 fully saturated rings. The lowest BCUT2D eigenvalue weighted by atomic mass is 9.91. The monoisotopic (exact) mass is 341 g/mol. The summed E-state index contributed by atoms with van der Waals surface area (Å²) < 4.78 is 0. The molecule has 0 radical (unpaired) electrons. The smallest absolute Gasteiger partial charge is 0.313 e. The van der Waals surface area contributed by atoms with Crippen molar-refractivity contribution in [1.29, 1.82) is 0 Å². The maximum absolute atomic E-state index is 12.2. The second-order valence-electron chi connectivity index (χ2n) is 7.20. The quantitative estimate of drug-likeness (QED) is 0.807. The molecule has 0 spiro atoms. The molecule has 1 aromatic rings. The van der Waals surface area contributed by atoms with Crippen molar-refractivity contribution in [2.75, 3.05) is 16.8 Å². The second kappa shape index (κ2) is 6.50. The molecular weight excluding hydrogens is 318 g/mol. The standard InChI is InChI=1S/C19H23N3O3/c23-16-8-7-13-11-15(10-12-4-3-9-22(16)17(12)13)21-19(25)18(24)20-14-5-1-2-6-14/h10-11,14H,1-9H2,(H,20,24)(H,21,25). The topological polar surface area (TPSA) is 78.5 Å². The predicted octanol–water partition coefficient (Wildman–Crippen LogP) is 1.91. The molecule has 3 amide bonds. The van der Waals surface area contributed by atoms with E-state index in [2.05, 4.69) is 10.6 Å². The lowest BCUT2D eigenvalue weighted by Gasteiger charge is -2.35. The molecule has 0 aromatic heterocycles. The van der Waals surface area contributed by atoms with Crippen LogP contribution in [0.15, 0.2) is 12.1 Å². The predicted molar refractivity (Wildman–Crippen MR) is 94.5 cm³/mol. The molecule has 1 aromatic carbocycles. The van der Waals surface area contributed by atoms with Crippen molar-refractivity contribution in [3.63, 3.8) is 0 Å². The van der Waals surface area contributed by atoms with Gasteiger partial charge in [-0.3, -0.25) is 14.4 Å². The van der Waals surface area contributed by atoms with Crippen LogP contribution in [-0.4, -0.2) is 30.3 Å². The highest BCUT2D eigenvalue weighted by Crippen LogP contribution is 2.37. The van der Waals surface area contributed by atoms with E-state index < -0.39 is 11.8 Å². The molecule has 0 saturated heterocycles. The van der Waals surface area contributed by atoms with Crippen molar-refractivity contribution in [1.82, 2.24) is 5.32 Å². The minimum Gasteiger partial charge on any atom is -0.345 e. The van der Waals surface area contributed by atoms with Crippen LogP contribution >= 0.6 is 0 Å². The molecule has 2 N–H and O–H groups in total. The van der Waals surface area contributed by atoms with Crippen LogP contribution < -0.4 is 15.5 Å². The Hall–Kier alpha value is -2.37. The summed E-state index contributed by atoms with van der Waals surface area (Å²) in [7, 11) is 0. The Morgan fingerprint density at radius 2 is 1.68 bits per heavy atom. The molecule has 2 aliphatic heterocycles. The van der Waals surface area contributed by atoms with Crippen LogP contribution in [0, 0.1) is 0 Å². The Labute approximate surface area is 147 Å². The highest BCUT2D eigenvalue weighted by Gasteiger charge is 2.30. The van der Waals surface area contributed by atoms with E-state index in [1.165, 1.54) is 0 Å². The fourth-order valence-corrected chi connectivity index (χ4v) is 4.23. The summed E-state index contributed by atoms with van der Waals surface area (Å²) in [6.45, 7) is 0.772. The first-order valence-corrected chi connectivity index (χ1v) is 9.20. The first kappa shape index (κ1) is 16.1. The third-order valence-electron chi connectivity index (χ3n) is 5.43. The van der Waals surface area contributed by atoms with E-state index in [1.807, 2.05) is 17.0 Å². The molecule has 25 heavy (non-hydrogen) atoms. The van der Waals surface area contributed by atoms with E-state index in [1.54, 1.807) is 0 Å². The van der Waals surface area contributed by atoms with Gasteiger partial charge in [0.15, 0.2) is 0 Å². The van der Waals surface area contributed by atoms with E-state index in [9.17, 15) is 14.4 Å². The summed E-state index contributed by atoms with van der Waals surface area (Å²) in [5, 5.41) is 5.55. The van der Waals surface area contributed by atoms with Crippen molar-refractivity contribution in [3.8, 4) is 0 Å². The second-order valence-corrected chi connectivity index (χ2v) is 7.20. The van der Waals surface area contributed by atoms with Gasteiger partial charge >= 0.3 is 11.8 Å². The van der Waals surface area contributed by atoms with E-state index in [-0.39, 0.29) is 11.9 Å². The molecule has 4 rings (SSSR count). The van der Waals surface area contributed by atoms with Gasteiger partial charge in [0.2, 0.25) is 5.91 Å². The number of amides is 3. The van der Waals surface area contributed by atoms with Crippen LogP contribution in [0.5, 0.6) is 0 Å². The number of carbonyl (C=O) groups is 3. The normalized spacial score (nSPS) is 19.5. The van der Waals surface area contributed by atoms with Gasteiger partial charge in [-0.15, -0.1) is 0 Å².